The summed E-state index contributed by atoms with van der Waals surface area (Å²) in [6.07, 6.45) is 1.78. The van der Waals surface area contributed by atoms with Crippen molar-refractivity contribution in [3.05, 3.63) is 11.8 Å². The van der Waals surface area contributed by atoms with Crippen molar-refractivity contribution in [1.29, 1.82) is 0 Å². The molecular weight excluding hydrogens is 170 g/mol. The molecule has 2 aromatic rings. The predicted octanol–water partition coefficient (Wildman–Crippen LogP) is -0.714. The lowest BCUT2D eigenvalue weighted by Crippen LogP contribution is -2.05. The van der Waals surface area contributed by atoms with Crippen LogP contribution in [0.25, 0.3) is 5.95 Å². The van der Waals surface area contributed by atoms with Crippen molar-refractivity contribution in [1.82, 2.24) is 30.0 Å². The summed E-state index contributed by atoms with van der Waals surface area (Å²) in [6, 6.07) is 0. The Morgan fingerprint density at radius 2 is 2.23 bits per heavy atom. The highest BCUT2D eigenvalue weighted by molar-refractivity contribution is 5.37. The zero-order chi connectivity index (χ0) is 9.42. The van der Waals surface area contributed by atoms with E-state index in [1.165, 1.54) is 4.68 Å². The van der Waals surface area contributed by atoms with E-state index < -0.39 is 0 Å². The Morgan fingerprint density at radius 3 is 2.69 bits per heavy atom. The van der Waals surface area contributed by atoms with Crippen molar-refractivity contribution < 1.29 is 0 Å². The maximum Gasteiger partial charge on any atom is 0.270 e. The summed E-state index contributed by atoms with van der Waals surface area (Å²) >= 11 is 0. The monoisotopic (exact) mass is 179 g/mol. The number of nitrogen functional groups attached to an aromatic ring is 1. The molecule has 2 N–H and O–H groups in total. The summed E-state index contributed by atoms with van der Waals surface area (Å²) in [5.74, 6) is 1.03. The minimum Gasteiger partial charge on any atom is -0.382 e. The normalized spacial score (nSPS) is 10.6. The number of nitrogens with two attached hydrogens (primary N) is 1. The molecule has 2 aromatic heterocycles. The minimum absolute atomic E-state index is 0.489. The lowest BCUT2D eigenvalue weighted by atomic mass is 10.4. The maximum absolute atomic E-state index is 5.59. The number of hydrogen-bond acceptors (Lipinski definition) is 5. The van der Waals surface area contributed by atoms with E-state index in [1.807, 2.05) is 6.92 Å². The van der Waals surface area contributed by atoms with Crippen LogP contribution in [0, 0.1) is 6.92 Å². The van der Waals surface area contributed by atoms with Gasteiger partial charge in [-0.3, -0.25) is 0 Å². The molecule has 0 atom stereocenters. The first-order valence-electron chi connectivity index (χ1n) is 3.73. The highest BCUT2D eigenvalue weighted by atomic mass is 15.6. The molecule has 0 fully saturated rings. The van der Waals surface area contributed by atoms with Crippen LogP contribution in [-0.2, 0) is 7.05 Å². The van der Waals surface area contributed by atoms with E-state index in [4.69, 9.17) is 5.73 Å². The molecule has 0 saturated heterocycles. The summed E-state index contributed by atoms with van der Waals surface area (Å²) in [5.41, 5.74) is 6.49. The number of rotatable bonds is 1. The van der Waals surface area contributed by atoms with E-state index in [2.05, 4.69) is 20.6 Å². The van der Waals surface area contributed by atoms with Gasteiger partial charge in [0.1, 0.15) is 5.82 Å². The fourth-order valence-corrected chi connectivity index (χ4v) is 0.995. The molecule has 0 spiro atoms. The van der Waals surface area contributed by atoms with Crippen LogP contribution in [-0.4, -0.2) is 30.0 Å². The lowest BCUT2D eigenvalue weighted by Gasteiger charge is -1.95. The third kappa shape index (κ3) is 1.13. The topological polar surface area (TPSA) is 87.4 Å². The number of aromatic nitrogens is 6. The van der Waals surface area contributed by atoms with E-state index in [0.29, 0.717) is 11.8 Å². The van der Waals surface area contributed by atoms with Gasteiger partial charge in [-0.2, -0.15) is 0 Å². The van der Waals surface area contributed by atoms with Crippen molar-refractivity contribution in [2.45, 2.75) is 6.92 Å². The summed E-state index contributed by atoms with van der Waals surface area (Å²) < 4.78 is 3.07. The molecule has 7 heteroatoms. The zero-order valence-corrected chi connectivity index (χ0v) is 7.34. The average molecular weight is 179 g/mol. The van der Waals surface area contributed by atoms with Crippen molar-refractivity contribution in [3.63, 3.8) is 0 Å². The van der Waals surface area contributed by atoms with Gasteiger partial charge in [-0.25, -0.2) is 9.36 Å². The molecule has 68 valence electrons. The first-order chi connectivity index (χ1) is 6.18. The van der Waals surface area contributed by atoms with Crippen LogP contribution in [0.2, 0.25) is 0 Å². The number of hydrogen-bond donors (Lipinski definition) is 1. The molecule has 0 saturated carbocycles. The molecule has 7 nitrogen and oxygen atoms in total. The number of nitrogens with zero attached hydrogens (tertiary/aromatic N) is 6. The molecule has 0 aliphatic carbocycles. The fourth-order valence-electron chi connectivity index (χ4n) is 0.995. The van der Waals surface area contributed by atoms with Gasteiger partial charge < -0.3 is 5.73 Å². The maximum atomic E-state index is 5.59. The van der Waals surface area contributed by atoms with Gasteiger partial charge in [0, 0.05) is 18.8 Å². The molecule has 0 aliphatic rings. The van der Waals surface area contributed by atoms with E-state index in [1.54, 1.807) is 17.9 Å². The third-order valence-corrected chi connectivity index (χ3v) is 1.74. The van der Waals surface area contributed by atoms with Gasteiger partial charge in [-0.15, -0.1) is 5.10 Å². The van der Waals surface area contributed by atoms with E-state index >= 15 is 0 Å². The Bertz CT molecular complexity index is 406. The number of anilines is 1. The van der Waals surface area contributed by atoms with E-state index in [-0.39, 0.29) is 0 Å². The minimum atomic E-state index is 0.489. The van der Waals surface area contributed by atoms with Gasteiger partial charge in [-0.1, -0.05) is 5.10 Å². The standard InChI is InChI=1S/C6H9N7/c1-4-3-13(9-5(4)7)6-8-10-11-12(6)2/h3H,1-2H3,(H2,7,9). The Balaban J connectivity index is 2.53. The molecule has 0 bridgehead atoms. The second-order valence-corrected chi connectivity index (χ2v) is 2.74. The highest BCUT2D eigenvalue weighted by Crippen LogP contribution is 2.09. The average Bonchev–Trinajstić information content (AvgIpc) is 2.60. The summed E-state index contributed by atoms with van der Waals surface area (Å²) in [6.45, 7) is 1.88. The third-order valence-electron chi connectivity index (χ3n) is 1.74. The Labute approximate surface area is 74.1 Å². The predicted molar refractivity (Wildman–Crippen MR) is 45.1 cm³/mol. The molecule has 0 aromatic carbocycles. The quantitative estimate of drug-likeness (QED) is 0.624. The van der Waals surface area contributed by atoms with Crippen molar-refractivity contribution in [2.75, 3.05) is 5.73 Å². The second-order valence-electron chi connectivity index (χ2n) is 2.74. The Morgan fingerprint density at radius 1 is 1.46 bits per heavy atom. The molecule has 0 unspecified atom stereocenters. The van der Waals surface area contributed by atoms with Crippen molar-refractivity contribution in [3.8, 4) is 5.95 Å². The first kappa shape index (κ1) is 7.71. The molecule has 0 radical (unpaired) electrons. The number of tetrazole rings is 1. The van der Waals surface area contributed by atoms with Gasteiger partial charge in [-0.05, 0) is 17.4 Å². The van der Waals surface area contributed by atoms with Crippen LogP contribution in [0.5, 0.6) is 0 Å². The zero-order valence-electron chi connectivity index (χ0n) is 7.34. The van der Waals surface area contributed by atoms with Crippen molar-refractivity contribution >= 4 is 5.82 Å². The molecule has 13 heavy (non-hydrogen) atoms. The largest absolute Gasteiger partial charge is 0.382 e. The Hall–Kier alpha value is -1.92. The van der Waals surface area contributed by atoms with Gasteiger partial charge >= 0.3 is 0 Å². The van der Waals surface area contributed by atoms with Gasteiger partial charge in [0.15, 0.2) is 0 Å². The van der Waals surface area contributed by atoms with Gasteiger partial charge in [0.05, 0.1) is 0 Å². The van der Waals surface area contributed by atoms with Gasteiger partial charge in [0.2, 0.25) is 0 Å². The molecule has 2 rings (SSSR count). The van der Waals surface area contributed by atoms with Crippen LogP contribution in [0.4, 0.5) is 5.82 Å². The summed E-state index contributed by atoms with van der Waals surface area (Å²) in [7, 11) is 1.74. The lowest BCUT2D eigenvalue weighted by molar-refractivity contribution is 0.672. The van der Waals surface area contributed by atoms with Crippen LogP contribution >= 0.6 is 0 Å². The first-order valence-corrected chi connectivity index (χ1v) is 3.73. The van der Waals surface area contributed by atoms with Crippen LogP contribution < -0.4 is 5.73 Å². The molecule has 2 heterocycles. The Kier molecular flexibility index (Phi) is 1.51. The smallest absolute Gasteiger partial charge is 0.270 e. The molecular formula is C6H9N7. The van der Waals surface area contributed by atoms with Crippen LogP contribution in [0.3, 0.4) is 0 Å². The second kappa shape index (κ2) is 2.54. The molecule has 0 amide bonds. The summed E-state index contributed by atoms with van der Waals surface area (Å²) in [4.78, 5) is 0. The SMILES string of the molecule is Cc1cn(-c2nnnn2C)nc1N. The van der Waals surface area contributed by atoms with Crippen LogP contribution in [0.1, 0.15) is 5.56 Å². The summed E-state index contributed by atoms with van der Waals surface area (Å²) in [5, 5.41) is 15.0. The fraction of sp³-hybridized carbons (Fsp3) is 0.333. The van der Waals surface area contributed by atoms with E-state index in [0.717, 1.165) is 5.56 Å². The highest BCUT2D eigenvalue weighted by Gasteiger charge is 2.07. The van der Waals surface area contributed by atoms with Crippen molar-refractivity contribution in [2.24, 2.45) is 7.05 Å². The van der Waals surface area contributed by atoms with Gasteiger partial charge in [0.25, 0.3) is 5.95 Å². The number of aryl methyl sites for hydroxylation is 2. The van der Waals surface area contributed by atoms with Crippen LogP contribution in [0.15, 0.2) is 6.20 Å². The van der Waals surface area contributed by atoms with E-state index in [9.17, 15) is 0 Å². The molecule has 0 aliphatic heterocycles.